The van der Waals surface area contributed by atoms with Crippen molar-refractivity contribution in [3.05, 3.63) is 78.1 Å². The van der Waals surface area contributed by atoms with Crippen LogP contribution in [0.2, 0.25) is 0 Å². The first kappa shape index (κ1) is 22.4. The van der Waals surface area contributed by atoms with Crippen molar-refractivity contribution >= 4 is 26.7 Å². The van der Waals surface area contributed by atoms with E-state index in [4.69, 9.17) is 0 Å². The van der Waals surface area contributed by atoms with Gasteiger partial charge in [-0.05, 0) is 66.3 Å². The molecular formula is C25H27FN2O3S. The molecule has 1 atom stereocenters. The van der Waals surface area contributed by atoms with Crippen molar-refractivity contribution in [3.8, 4) is 0 Å². The Bertz CT molecular complexity index is 1190. The molecule has 32 heavy (non-hydrogen) atoms. The first-order valence-electron chi connectivity index (χ1n) is 11.0. The highest BCUT2D eigenvalue weighted by Crippen LogP contribution is 2.24. The predicted octanol–water partition coefficient (Wildman–Crippen LogP) is 4.13. The lowest BCUT2D eigenvalue weighted by atomic mass is 9.98. The number of hydrogen-bond donors (Lipinski definition) is 1. The Hall–Kier alpha value is -2.77. The Morgan fingerprint density at radius 2 is 1.78 bits per heavy atom. The number of carbonyl (C=O) groups is 1. The largest absolute Gasteiger partial charge is 0.356 e. The molecule has 0 aromatic heterocycles. The molecule has 1 saturated heterocycles. The summed E-state index contributed by atoms with van der Waals surface area (Å²) in [5.74, 6) is -0.971. The number of nitrogens with one attached hydrogen (secondary N) is 1. The lowest BCUT2D eigenvalue weighted by molar-refractivity contribution is -0.126. The molecular weight excluding hydrogens is 427 g/mol. The number of rotatable bonds is 7. The van der Waals surface area contributed by atoms with E-state index in [0.717, 1.165) is 25.0 Å². The van der Waals surface area contributed by atoms with Crippen LogP contribution < -0.4 is 5.32 Å². The molecule has 168 valence electrons. The van der Waals surface area contributed by atoms with E-state index < -0.39 is 15.8 Å². The highest BCUT2D eigenvalue weighted by atomic mass is 32.2. The number of halogens is 1. The maximum atomic E-state index is 13.2. The van der Waals surface area contributed by atoms with Crippen LogP contribution in [-0.4, -0.2) is 38.3 Å². The first-order valence-corrected chi connectivity index (χ1v) is 12.4. The zero-order valence-corrected chi connectivity index (χ0v) is 18.7. The van der Waals surface area contributed by atoms with E-state index in [0.29, 0.717) is 25.9 Å². The molecule has 0 aliphatic carbocycles. The topological polar surface area (TPSA) is 66.5 Å². The maximum absolute atomic E-state index is 13.2. The second kappa shape index (κ2) is 9.79. The van der Waals surface area contributed by atoms with Crippen molar-refractivity contribution in [1.82, 2.24) is 9.62 Å². The van der Waals surface area contributed by atoms with Crippen molar-refractivity contribution in [2.75, 3.05) is 19.6 Å². The van der Waals surface area contributed by atoms with Gasteiger partial charge in [0.25, 0.3) is 0 Å². The van der Waals surface area contributed by atoms with Gasteiger partial charge in [-0.15, -0.1) is 0 Å². The van der Waals surface area contributed by atoms with E-state index in [1.54, 1.807) is 0 Å². The SMILES string of the molecule is O=C(NCCCc1cccc2ccccc12)C1CCCN(S(=O)(=O)c2ccc(F)cc2)C1. The number of sulfonamides is 1. The zero-order valence-electron chi connectivity index (χ0n) is 17.8. The van der Waals surface area contributed by atoms with Crippen LogP contribution in [0.5, 0.6) is 0 Å². The molecule has 1 unspecified atom stereocenters. The van der Waals surface area contributed by atoms with Crippen molar-refractivity contribution in [1.29, 1.82) is 0 Å². The molecule has 1 heterocycles. The summed E-state index contributed by atoms with van der Waals surface area (Å²) in [6.07, 6.45) is 2.94. The minimum atomic E-state index is -3.74. The van der Waals surface area contributed by atoms with Crippen molar-refractivity contribution in [2.24, 2.45) is 5.92 Å². The predicted molar refractivity (Wildman–Crippen MR) is 123 cm³/mol. The molecule has 7 heteroatoms. The van der Waals surface area contributed by atoms with Crippen LogP contribution in [-0.2, 0) is 21.2 Å². The Labute approximate surface area is 188 Å². The smallest absolute Gasteiger partial charge is 0.243 e. The van der Waals surface area contributed by atoms with Crippen LogP contribution in [0, 0.1) is 11.7 Å². The van der Waals surface area contributed by atoms with E-state index in [2.05, 4.69) is 35.6 Å². The monoisotopic (exact) mass is 454 g/mol. The quantitative estimate of drug-likeness (QED) is 0.546. The van der Waals surface area contributed by atoms with Crippen LogP contribution in [0.3, 0.4) is 0 Å². The van der Waals surface area contributed by atoms with Crippen molar-refractivity contribution < 1.29 is 17.6 Å². The Morgan fingerprint density at radius 3 is 2.59 bits per heavy atom. The van der Waals surface area contributed by atoms with Crippen LogP contribution in [0.1, 0.15) is 24.8 Å². The number of fused-ring (bicyclic) bond motifs is 1. The molecule has 4 rings (SSSR count). The number of aryl methyl sites for hydroxylation is 1. The minimum absolute atomic E-state index is 0.0510. The van der Waals surface area contributed by atoms with Crippen molar-refractivity contribution in [2.45, 2.75) is 30.6 Å². The number of benzene rings is 3. The summed E-state index contributed by atoms with van der Waals surface area (Å²) in [6.45, 7) is 1.06. The fourth-order valence-corrected chi connectivity index (χ4v) is 5.80. The average Bonchev–Trinajstić information content (AvgIpc) is 2.82. The summed E-state index contributed by atoms with van der Waals surface area (Å²) in [6, 6.07) is 19.3. The number of hydrogen-bond acceptors (Lipinski definition) is 3. The van der Waals surface area contributed by atoms with Gasteiger partial charge in [0.15, 0.2) is 0 Å². The van der Waals surface area contributed by atoms with Crippen molar-refractivity contribution in [3.63, 3.8) is 0 Å². The summed E-state index contributed by atoms with van der Waals surface area (Å²) in [5, 5.41) is 5.42. The number of piperidine rings is 1. The van der Waals surface area contributed by atoms with Gasteiger partial charge in [0.1, 0.15) is 5.82 Å². The standard InChI is InChI=1S/C25H27FN2O3S/c26-22-12-14-23(15-13-22)32(30,31)28-17-5-10-21(18-28)25(29)27-16-4-9-20-8-3-7-19-6-1-2-11-24(19)20/h1-3,6-8,11-15,21H,4-5,9-10,16-18H2,(H,27,29). The molecule has 3 aromatic carbocycles. The summed E-state index contributed by atoms with van der Waals surface area (Å²) >= 11 is 0. The van der Waals surface area contributed by atoms with Crippen LogP contribution >= 0.6 is 0 Å². The maximum Gasteiger partial charge on any atom is 0.243 e. The van der Waals surface area contributed by atoms with E-state index in [9.17, 15) is 17.6 Å². The second-order valence-electron chi connectivity index (χ2n) is 8.19. The molecule has 3 aromatic rings. The van der Waals surface area contributed by atoms with Gasteiger partial charge in [-0.25, -0.2) is 12.8 Å². The van der Waals surface area contributed by atoms with Gasteiger partial charge in [-0.3, -0.25) is 4.79 Å². The Balaban J connectivity index is 1.31. The molecule has 1 aliphatic heterocycles. The van der Waals surface area contributed by atoms with E-state index in [1.165, 1.54) is 32.8 Å². The van der Waals surface area contributed by atoms with E-state index in [1.807, 2.05) is 12.1 Å². The molecule has 0 spiro atoms. The third-order valence-corrected chi connectivity index (χ3v) is 7.89. The molecule has 0 bridgehead atoms. The van der Waals surface area contributed by atoms with Crippen LogP contribution in [0.4, 0.5) is 4.39 Å². The molecule has 5 nitrogen and oxygen atoms in total. The number of carbonyl (C=O) groups excluding carboxylic acids is 1. The van der Waals surface area contributed by atoms with Gasteiger partial charge >= 0.3 is 0 Å². The summed E-state index contributed by atoms with van der Waals surface area (Å²) in [5.41, 5.74) is 1.26. The molecule has 1 N–H and O–H groups in total. The van der Waals surface area contributed by atoms with Crippen LogP contribution in [0.15, 0.2) is 71.6 Å². The number of amides is 1. The van der Waals surface area contributed by atoms with E-state index in [-0.39, 0.29) is 23.3 Å². The number of nitrogens with zero attached hydrogens (tertiary/aromatic N) is 1. The highest BCUT2D eigenvalue weighted by Gasteiger charge is 2.33. The fourth-order valence-electron chi connectivity index (χ4n) is 4.28. The second-order valence-corrected chi connectivity index (χ2v) is 10.1. The van der Waals surface area contributed by atoms with Crippen LogP contribution in [0.25, 0.3) is 10.8 Å². The minimum Gasteiger partial charge on any atom is -0.356 e. The lowest BCUT2D eigenvalue weighted by Crippen LogP contribution is -2.45. The Morgan fingerprint density at radius 1 is 1.03 bits per heavy atom. The molecule has 1 aliphatic rings. The van der Waals surface area contributed by atoms with Gasteiger partial charge in [0.05, 0.1) is 10.8 Å². The van der Waals surface area contributed by atoms with Gasteiger partial charge in [0, 0.05) is 19.6 Å². The molecule has 1 fully saturated rings. The van der Waals surface area contributed by atoms with Gasteiger partial charge in [0.2, 0.25) is 15.9 Å². The summed E-state index contributed by atoms with van der Waals surface area (Å²) in [7, 11) is -3.74. The normalized spacial score (nSPS) is 17.3. The molecule has 0 radical (unpaired) electrons. The summed E-state index contributed by atoms with van der Waals surface area (Å²) < 4.78 is 40.2. The van der Waals surface area contributed by atoms with Gasteiger partial charge in [-0.2, -0.15) is 4.31 Å². The first-order chi connectivity index (χ1) is 15.4. The highest BCUT2D eigenvalue weighted by molar-refractivity contribution is 7.89. The molecule has 0 saturated carbocycles. The molecule has 1 amide bonds. The Kier molecular flexibility index (Phi) is 6.86. The van der Waals surface area contributed by atoms with Gasteiger partial charge < -0.3 is 5.32 Å². The van der Waals surface area contributed by atoms with Gasteiger partial charge in [-0.1, -0.05) is 42.5 Å². The third-order valence-electron chi connectivity index (χ3n) is 6.01. The average molecular weight is 455 g/mol. The fraction of sp³-hybridized carbons (Fsp3) is 0.320. The van der Waals surface area contributed by atoms with E-state index >= 15 is 0 Å². The third kappa shape index (κ3) is 5.00. The summed E-state index contributed by atoms with van der Waals surface area (Å²) in [4.78, 5) is 12.7. The lowest BCUT2D eigenvalue weighted by Gasteiger charge is -2.31. The zero-order chi connectivity index (χ0) is 22.6.